The summed E-state index contributed by atoms with van der Waals surface area (Å²) in [5.41, 5.74) is 4.72. The Labute approximate surface area is 193 Å². The maximum absolute atomic E-state index is 15.2. The van der Waals surface area contributed by atoms with Gasteiger partial charge >= 0.3 is 0 Å². The number of anilines is 1. The smallest absolute Gasteiger partial charge is 0.128 e. The highest BCUT2D eigenvalue weighted by Gasteiger charge is 2.55. The van der Waals surface area contributed by atoms with E-state index in [0.29, 0.717) is 18.5 Å². The molecule has 2 aliphatic heterocycles. The second-order valence-corrected chi connectivity index (χ2v) is 9.92. The van der Waals surface area contributed by atoms with Crippen LogP contribution in [0, 0.1) is 5.82 Å². The highest BCUT2D eigenvalue weighted by atomic mass is 19.1. The molecule has 33 heavy (non-hydrogen) atoms. The van der Waals surface area contributed by atoms with Gasteiger partial charge in [-0.1, -0.05) is 43.2 Å². The van der Waals surface area contributed by atoms with Crippen molar-refractivity contribution in [3.63, 3.8) is 0 Å². The van der Waals surface area contributed by atoms with Crippen molar-refractivity contribution < 1.29 is 8.78 Å². The Morgan fingerprint density at radius 1 is 1.09 bits per heavy atom. The number of hydrogen-bond donors (Lipinski definition) is 0. The third-order valence-electron chi connectivity index (χ3n) is 8.01. The second-order valence-electron chi connectivity index (χ2n) is 9.92. The van der Waals surface area contributed by atoms with E-state index in [4.69, 9.17) is 0 Å². The number of fused-ring (bicyclic) bond motifs is 2. The molecule has 1 saturated carbocycles. The molecule has 2 aromatic carbocycles. The molecule has 3 heterocycles. The van der Waals surface area contributed by atoms with E-state index in [-0.39, 0.29) is 17.4 Å². The van der Waals surface area contributed by atoms with Crippen molar-refractivity contribution in [2.75, 3.05) is 18.0 Å². The molecule has 0 amide bonds. The van der Waals surface area contributed by atoms with Crippen LogP contribution in [0.4, 0.5) is 14.5 Å². The number of nitrogens with zero attached hydrogens (tertiary/aromatic N) is 4. The lowest BCUT2D eigenvalue weighted by atomic mass is 9.76. The third-order valence-corrected chi connectivity index (χ3v) is 8.01. The third kappa shape index (κ3) is 3.38. The minimum atomic E-state index is -0.741. The predicted molar refractivity (Wildman–Crippen MR) is 126 cm³/mol. The molecule has 1 spiro atoms. The van der Waals surface area contributed by atoms with Gasteiger partial charge < -0.3 is 4.90 Å². The standard InChI is InChI=1S/C27H30F2N4/c1-31-16-21(15-30-31)19-10-11-20(24(29)14-19)17-32-18-27(22-6-2-4-8-25(22)32)12-13-33(27)26-9-5-3-7-23(26)28/h2,4,6,8,10-11,14-16,23,26H,3,5,7,9,12-13,17-18H2,1H3. The Balaban J connectivity index is 1.28. The zero-order valence-corrected chi connectivity index (χ0v) is 19.1. The van der Waals surface area contributed by atoms with Crippen LogP contribution in [0.2, 0.25) is 0 Å². The SMILES string of the molecule is Cn1cc(-c2ccc(CN3CC4(CCN4C4CCCCC4F)c4ccccc43)c(F)c2)cn1. The van der Waals surface area contributed by atoms with E-state index in [2.05, 4.69) is 33.1 Å². The molecule has 0 N–H and O–H groups in total. The Morgan fingerprint density at radius 2 is 1.94 bits per heavy atom. The molecule has 4 nitrogen and oxygen atoms in total. The van der Waals surface area contributed by atoms with E-state index in [1.54, 1.807) is 16.9 Å². The summed E-state index contributed by atoms with van der Waals surface area (Å²) in [6.45, 7) is 2.25. The molecule has 6 rings (SSSR count). The molecule has 0 bridgehead atoms. The minimum absolute atomic E-state index is 0.0102. The molecule has 1 aliphatic carbocycles. The Bertz CT molecular complexity index is 1170. The molecule has 2 fully saturated rings. The topological polar surface area (TPSA) is 24.3 Å². The molecule has 6 heteroatoms. The molecule has 1 aromatic heterocycles. The fourth-order valence-electron chi connectivity index (χ4n) is 6.27. The lowest BCUT2D eigenvalue weighted by Gasteiger charge is -2.56. The summed E-state index contributed by atoms with van der Waals surface area (Å²) >= 11 is 0. The van der Waals surface area contributed by atoms with Crippen LogP contribution in [-0.4, -0.2) is 40.0 Å². The Morgan fingerprint density at radius 3 is 2.67 bits per heavy atom. The average Bonchev–Trinajstić information content (AvgIpc) is 3.39. The lowest BCUT2D eigenvalue weighted by Crippen LogP contribution is -2.65. The normalized spacial score (nSPS) is 27.1. The number of aromatic nitrogens is 2. The van der Waals surface area contributed by atoms with E-state index >= 15 is 4.39 Å². The monoisotopic (exact) mass is 448 g/mol. The van der Waals surface area contributed by atoms with Crippen molar-refractivity contribution >= 4 is 5.69 Å². The summed E-state index contributed by atoms with van der Waals surface area (Å²) in [4.78, 5) is 4.72. The number of halogens is 2. The van der Waals surface area contributed by atoms with E-state index in [1.165, 1.54) is 5.56 Å². The number of rotatable bonds is 4. The Hall–Kier alpha value is -2.73. The van der Waals surface area contributed by atoms with Gasteiger partial charge in [0.25, 0.3) is 0 Å². The van der Waals surface area contributed by atoms with Gasteiger partial charge in [0, 0.05) is 55.7 Å². The summed E-state index contributed by atoms with van der Waals surface area (Å²) in [6, 6.07) is 13.9. The summed E-state index contributed by atoms with van der Waals surface area (Å²) < 4.78 is 31.8. The summed E-state index contributed by atoms with van der Waals surface area (Å²) in [5.74, 6) is -0.198. The fourth-order valence-corrected chi connectivity index (χ4v) is 6.27. The summed E-state index contributed by atoms with van der Waals surface area (Å²) in [5, 5.41) is 4.19. The molecule has 1 saturated heterocycles. The van der Waals surface area contributed by atoms with E-state index in [9.17, 15) is 4.39 Å². The molecular weight excluding hydrogens is 418 g/mol. The largest absolute Gasteiger partial charge is 0.365 e. The van der Waals surface area contributed by atoms with Crippen molar-refractivity contribution in [1.29, 1.82) is 0 Å². The number of likely N-dealkylation sites (tertiary alicyclic amines) is 1. The maximum atomic E-state index is 15.2. The van der Waals surface area contributed by atoms with Gasteiger partial charge in [-0.25, -0.2) is 8.78 Å². The van der Waals surface area contributed by atoms with Gasteiger partial charge in [-0.05, 0) is 42.5 Å². The first-order chi connectivity index (χ1) is 16.0. The van der Waals surface area contributed by atoms with Crippen LogP contribution < -0.4 is 4.90 Å². The first-order valence-corrected chi connectivity index (χ1v) is 12.1. The number of hydrogen-bond acceptors (Lipinski definition) is 3. The van der Waals surface area contributed by atoms with Gasteiger partial charge in [0.15, 0.2) is 0 Å². The molecule has 0 radical (unpaired) electrons. The highest BCUT2D eigenvalue weighted by molar-refractivity contribution is 5.65. The first kappa shape index (κ1) is 20.8. The van der Waals surface area contributed by atoms with Crippen LogP contribution in [0.3, 0.4) is 0 Å². The van der Waals surface area contributed by atoms with Crippen molar-refractivity contribution in [1.82, 2.24) is 14.7 Å². The quantitative estimate of drug-likeness (QED) is 0.532. The van der Waals surface area contributed by atoms with Crippen LogP contribution in [0.5, 0.6) is 0 Å². The molecular formula is C27H30F2N4. The van der Waals surface area contributed by atoms with Crippen molar-refractivity contribution in [2.24, 2.45) is 7.05 Å². The van der Waals surface area contributed by atoms with Crippen LogP contribution in [0.25, 0.3) is 11.1 Å². The number of alkyl halides is 1. The number of aryl methyl sites for hydroxylation is 1. The van der Waals surface area contributed by atoms with Gasteiger partial charge in [-0.15, -0.1) is 0 Å². The first-order valence-electron chi connectivity index (χ1n) is 12.1. The number of para-hydroxylation sites is 1. The summed E-state index contributed by atoms with van der Waals surface area (Å²) in [6.07, 6.45) is 7.66. The highest BCUT2D eigenvalue weighted by Crippen LogP contribution is 2.53. The fraction of sp³-hybridized carbons (Fsp3) is 0.444. The Kier molecular flexibility index (Phi) is 5.02. The average molecular weight is 449 g/mol. The van der Waals surface area contributed by atoms with Crippen LogP contribution in [0.1, 0.15) is 43.2 Å². The molecule has 3 atom stereocenters. The van der Waals surface area contributed by atoms with E-state index < -0.39 is 6.17 Å². The van der Waals surface area contributed by atoms with Gasteiger partial charge in [-0.2, -0.15) is 5.10 Å². The lowest BCUT2D eigenvalue weighted by molar-refractivity contribution is -0.0799. The molecule has 3 aromatic rings. The summed E-state index contributed by atoms with van der Waals surface area (Å²) in [7, 11) is 1.86. The second kappa shape index (κ2) is 7.94. The molecule has 172 valence electrons. The van der Waals surface area contributed by atoms with Crippen LogP contribution in [-0.2, 0) is 19.1 Å². The van der Waals surface area contributed by atoms with Gasteiger partial charge in [-0.3, -0.25) is 9.58 Å². The minimum Gasteiger partial charge on any atom is -0.365 e. The van der Waals surface area contributed by atoms with E-state index in [1.807, 2.05) is 31.4 Å². The van der Waals surface area contributed by atoms with Crippen molar-refractivity contribution in [3.8, 4) is 11.1 Å². The van der Waals surface area contributed by atoms with Crippen molar-refractivity contribution in [3.05, 3.63) is 71.8 Å². The zero-order valence-electron chi connectivity index (χ0n) is 19.1. The van der Waals surface area contributed by atoms with Crippen LogP contribution >= 0.6 is 0 Å². The molecule has 3 unspecified atom stereocenters. The predicted octanol–water partition coefficient (Wildman–Crippen LogP) is 5.43. The number of benzene rings is 2. The van der Waals surface area contributed by atoms with Gasteiger partial charge in [0.2, 0.25) is 0 Å². The van der Waals surface area contributed by atoms with Gasteiger partial charge in [0.1, 0.15) is 12.0 Å². The zero-order chi connectivity index (χ0) is 22.6. The van der Waals surface area contributed by atoms with E-state index in [0.717, 1.165) is 55.6 Å². The van der Waals surface area contributed by atoms with Gasteiger partial charge in [0.05, 0.1) is 11.7 Å². The van der Waals surface area contributed by atoms with Crippen LogP contribution in [0.15, 0.2) is 54.9 Å². The maximum Gasteiger partial charge on any atom is 0.128 e. The van der Waals surface area contributed by atoms with Crippen molar-refractivity contribution in [2.45, 2.75) is 56.4 Å². The molecule has 3 aliphatic rings.